The lowest BCUT2D eigenvalue weighted by atomic mass is 10.1. The van der Waals surface area contributed by atoms with Crippen molar-refractivity contribution >= 4 is 23.2 Å². The van der Waals surface area contributed by atoms with E-state index in [9.17, 15) is 19.7 Å². The molecule has 1 aromatic heterocycles. The Hall–Kier alpha value is -4.14. The predicted molar refractivity (Wildman–Crippen MR) is 98.2 cm³/mol. The van der Waals surface area contributed by atoms with Gasteiger partial charge in [0.25, 0.3) is 17.5 Å². The molecule has 2 N–H and O–H groups in total. The van der Waals surface area contributed by atoms with E-state index in [1.54, 1.807) is 36.4 Å². The molecule has 0 bridgehead atoms. The second-order valence-corrected chi connectivity index (χ2v) is 6.03. The topological polar surface area (TPSA) is 118 Å². The molecule has 9 heteroatoms. The number of para-hydroxylation sites is 1. The van der Waals surface area contributed by atoms with Crippen LogP contribution in [0, 0.1) is 10.1 Å². The summed E-state index contributed by atoms with van der Waals surface area (Å²) in [5.74, 6) is -0.557. The van der Waals surface area contributed by atoms with Gasteiger partial charge in [0.1, 0.15) is 5.76 Å². The van der Waals surface area contributed by atoms with E-state index in [0.717, 1.165) is 5.01 Å². The third kappa shape index (κ3) is 3.05. The molecule has 0 fully saturated rings. The third-order valence-corrected chi connectivity index (χ3v) is 4.30. The summed E-state index contributed by atoms with van der Waals surface area (Å²) in [7, 11) is 0. The molecule has 3 aromatic rings. The lowest BCUT2D eigenvalue weighted by Crippen LogP contribution is -2.52. The van der Waals surface area contributed by atoms with Gasteiger partial charge in [-0.3, -0.25) is 25.1 Å². The fourth-order valence-electron chi connectivity index (χ4n) is 2.92. The molecule has 0 saturated heterocycles. The van der Waals surface area contributed by atoms with Crippen LogP contribution in [0.5, 0.6) is 0 Å². The monoisotopic (exact) mass is 378 g/mol. The number of anilines is 1. The minimum atomic E-state index is -0.751. The fraction of sp³-hybridized carbons (Fsp3) is 0.0526. The molecule has 4 rings (SSSR count). The minimum absolute atomic E-state index is 0.130. The Kier molecular flexibility index (Phi) is 4.24. The number of benzene rings is 2. The van der Waals surface area contributed by atoms with Crippen LogP contribution in [0.3, 0.4) is 0 Å². The van der Waals surface area contributed by atoms with Crippen LogP contribution in [-0.4, -0.2) is 21.7 Å². The van der Waals surface area contributed by atoms with Gasteiger partial charge in [0.05, 0.1) is 16.7 Å². The van der Waals surface area contributed by atoms with Crippen molar-refractivity contribution in [2.45, 2.75) is 6.17 Å². The van der Waals surface area contributed by atoms with Crippen LogP contribution in [0.4, 0.5) is 11.4 Å². The van der Waals surface area contributed by atoms with Gasteiger partial charge in [-0.1, -0.05) is 12.1 Å². The van der Waals surface area contributed by atoms with Gasteiger partial charge in [0.2, 0.25) is 0 Å². The highest BCUT2D eigenvalue weighted by Crippen LogP contribution is 2.32. The van der Waals surface area contributed by atoms with Crippen molar-refractivity contribution in [3.8, 4) is 0 Å². The number of hydrogen-bond acceptors (Lipinski definition) is 6. The van der Waals surface area contributed by atoms with Crippen molar-refractivity contribution in [3.63, 3.8) is 0 Å². The molecule has 2 aromatic carbocycles. The summed E-state index contributed by atoms with van der Waals surface area (Å²) in [5.41, 5.74) is 3.63. The first kappa shape index (κ1) is 17.3. The maximum absolute atomic E-state index is 13.0. The first-order valence-electron chi connectivity index (χ1n) is 8.32. The number of fused-ring (bicyclic) bond motifs is 1. The number of hydrazine groups is 1. The van der Waals surface area contributed by atoms with Crippen molar-refractivity contribution in [1.29, 1.82) is 0 Å². The summed E-state index contributed by atoms with van der Waals surface area (Å²) in [6.07, 6.45) is 0.720. The number of carbonyl (C=O) groups excluding carboxylic acids is 2. The molecule has 0 radical (unpaired) electrons. The molecule has 1 aliphatic heterocycles. The van der Waals surface area contributed by atoms with E-state index in [1.807, 2.05) is 0 Å². The van der Waals surface area contributed by atoms with Crippen molar-refractivity contribution in [2.24, 2.45) is 0 Å². The number of nitrogens with one attached hydrogen (secondary N) is 2. The molecule has 9 nitrogen and oxygen atoms in total. The second-order valence-electron chi connectivity index (χ2n) is 6.03. The largest absolute Gasteiger partial charge is 0.465 e. The molecule has 1 atom stereocenters. The average Bonchev–Trinajstić information content (AvgIpc) is 3.24. The number of amides is 2. The van der Waals surface area contributed by atoms with Gasteiger partial charge in [0.15, 0.2) is 6.17 Å². The molecule has 0 aliphatic carbocycles. The Morgan fingerprint density at radius 1 is 1.11 bits per heavy atom. The number of rotatable bonds is 4. The standard InChI is InChI=1S/C19H14N4O5/c24-18(12-7-9-13(10-8-12)23(26)27)21-22-17(16-6-3-11-28-16)20-15-5-2-1-4-14(15)19(22)25/h1-11,17,20H,(H,21,24)/t17-/m0/s1. The van der Waals surface area contributed by atoms with E-state index >= 15 is 0 Å². The lowest BCUT2D eigenvalue weighted by Gasteiger charge is -2.36. The van der Waals surface area contributed by atoms with Crippen molar-refractivity contribution in [2.75, 3.05) is 5.32 Å². The van der Waals surface area contributed by atoms with E-state index in [4.69, 9.17) is 4.42 Å². The van der Waals surface area contributed by atoms with Gasteiger partial charge in [-0.05, 0) is 36.4 Å². The number of non-ortho nitro benzene ring substituents is 1. The van der Waals surface area contributed by atoms with Crippen molar-refractivity contribution in [1.82, 2.24) is 10.4 Å². The van der Waals surface area contributed by atoms with Gasteiger partial charge in [-0.2, -0.15) is 0 Å². The zero-order valence-electron chi connectivity index (χ0n) is 14.4. The highest BCUT2D eigenvalue weighted by atomic mass is 16.6. The first-order valence-corrected chi connectivity index (χ1v) is 8.32. The number of carbonyl (C=O) groups is 2. The molecule has 1 aliphatic rings. The number of nitro groups is 1. The van der Waals surface area contributed by atoms with E-state index in [1.165, 1.54) is 30.5 Å². The van der Waals surface area contributed by atoms with Crippen LogP contribution in [0.25, 0.3) is 0 Å². The molecule has 0 spiro atoms. The summed E-state index contributed by atoms with van der Waals surface area (Å²) in [6.45, 7) is 0. The van der Waals surface area contributed by atoms with E-state index in [0.29, 0.717) is 17.0 Å². The highest BCUT2D eigenvalue weighted by Gasteiger charge is 2.35. The van der Waals surface area contributed by atoms with E-state index < -0.39 is 22.9 Å². The molecule has 2 amide bonds. The second kappa shape index (κ2) is 6.88. The maximum atomic E-state index is 13.0. The first-order chi connectivity index (χ1) is 13.5. The predicted octanol–water partition coefficient (Wildman–Crippen LogP) is 3.10. The van der Waals surface area contributed by atoms with Gasteiger partial charge >= 0.3 is 0 Å². The van der Waals surface area contributed by atoms with Gasteiger partial charge in [-0.15, -0.1) is 0 Å². The minimum Gasteiger partial charge on any atom is -0.465 e. The van der Waals surface area contributed by atoms with Crippen LogP contribution >= 0.6 is 0 Å². The summed E-state index contributed by atoms with van der Waals surface area (Å²) in [5, 5.41) is 15.1. The number of nitro benzene ring substituents is 1. The SMILES string of the molecule is O=C(NN1C(=O)c2ccccc2N[C@@H]1c1ccco1)c1ccc([N+](=O)[O-])cc1. The fourth-order valence-corrected chi connectivity index (χ4v) is 2.92. The van der Waals surface area contributed by atoms with Crippen LogP contribution in [0.2, 0.25) is 0 Å². The Balaban J connectivity index is 1.64. The average molecular weight is 378 g/mol. The number of hydrogen-bond donors (Lipinski definition) is 2. The van der Waals surface area contributed by atoms with Gasteiger partial charge < -0.3 is 9.73 Å². The number of nitrogens with zero attached hydrogens (tertiary/aromatic N) is 2. The molecule has 2 heterocycles. The number of furan rings is 1. The Morgan fingerprint density at radius 2 is 1.86 bits per heavy atom. The van der Waals surface area contributed by atoms with Crippen molar-refractivity contribution in [3.05, 3.63) is 93.9 Å². The van der Waals surface area contributed by atoms with Crippen LogP contribution < -0.4 is 10.7 Å². The molecule has 0 unspecified atom stereocenters. The molecular weight excluding hydrogens is 364 g/mol. The van der Waals surface area contributed by atoms with E-state index in [-0.39, 0.29) is 11.3 Å². The molecular formula is C19H14N4O5. The molecule has 28 heavy (non-hydrogen) atoms. The zero-order chi connectivity index (χ0) is 19.7. The van der Waals surface area contributed by atoms with Gasteiger partial charge in [-0.25, -0.2) is 5.01 Å². The smallest absolute Gasteiger partial charge is 0.276 e. The van der Waals surface area contributed by atoms with Crippen LogP contribution in [0.1, 0.15) is 32.6 Å². The summed E-state index contributed by atoms with van der Waals surface area (Å²) >= 11 is 0. The molecule has 140 valence electrons. The van der Waals surface area contributed by atoms with E-state index in [2.05, 4.69) is 10.7 Å². The lowest BCUT2D eigenvalue weighted by molar-refractivity contribution is -0.384. The van der Waals surface area contributed by atoms with Gasteiger partial charge in [0, 0.05) is 23.4 Å². The summed E-state index contributed by atoms with van der Waals surface area (Å²) in [4.78, 5) is 35.8. The molecule has 0 saturated carbocycles. The Labute approximate surface area is 158 Å². The normalized spacial score (nSPS) is 15.5. The van der Waals surface area contributed by atoms with Crippen molar-refractivity contribution < 1.29 is 18.9 Å². The van der Waals surface area contributed by atoms with Crippen LogP contribution in [0.15, 0.2) is 71.3 Å². The highest BCUT2D eigenvalue weighted by molar-refractivity contribution is 6.03. The third-order valence-electron chi connectivity index (χ3n) is 4.30. The maximum Gasteiger partial charge on any atom is 0.276 e. The Morgan fingerprint density at radius 3 is 2.54 bits per heavy atom. The zero-order valence-corrected chi connectivity index (χ0v) is 14.4. The summed E-state index contributed by atoms with van der Waals surface area (Å²) < 4.78 is 5.41. The Bertz CT molecular complexity index is 1050. The summed E-state index contributed by atoms with van der Waals surface area (Å²) in [6, 6.07) is 15.4. The quantitative estimate of drug-likeness (QED) is 0.532. The van der Waals surface area contributed by atoms with Crippen LogP contribution in [-0.2, 0) is 0 Å².